The van der Waals surface area contributed by atoms with E-state index in [0.717, 1.165) is 24.5 Å². The van der Waals surface area contributed by atoms with Crippen LogP contribution in [0.25, 0.3) is 0 Å². The minimum absolute atomic E-state index is 0.0803. The van der Waals surface area contributed by atoms with Gasteiger partial charge >= 0.3 is 0 Å². The number of carbonyl (C=O) groups is 1. The lowest BCUT2D eigenvalue weighted by atomic mass is 10.0. The van der Waals surface area contributed by atoms with Gasteiger partial charge in [0.1, 0.15) is 0 Å². The van der Waals surface area contributed by atoms with Gasteiger partial charge in [-0.2, -0.15) is 0 Å². The van der Waals surface area contributed by atoms with Crippen molar-refractivity contribution in [2.24, 2.45) is 5.92 Å². The molecule has 4 nitrogen and oxygen atoms in total. The van der Waals surface area contributed by atoms with Crippen molar-refractivity contribution in [1.82, 2.24) is 4.90 Å². The van der Waals surface area contributed by atoms with Crippen LogP contribution in [0.3, 0.4) is 0 Å². The molecule has 1 aromatic rings. The van der Waals surface area contributed by atoms with Gasteiger partial charge in [-0.05, 0) is 49.6 Å². The summed E-state index contributed by atoms with van der Waals surface area (Å²) >= 11 is 0. The predicted molar refractivity (Wildman–Crippen MR) is 84.2 cm³/mol. The Morgan fingerprint density at radius 1 is 1.35 bits per heavy atom. The third kappa shape index (κ3) is 4.23. The van der Waals surface area contributed by atoms with Gasteiger partial charge in [0.15, 0.2) is 0 Å². The lowest BCUT2D eigenvalue weighted by molar-refractivity contribution is -0.117. The number of nitrogens with zero attached hydrogens (tertiary/aromatic N) is 2. The van der Waals surface area contributed by atoms with Crippen LogP contribution in [0.5, 0.6) is 0 Å². The molecule has 0 saturated carbocycles. The molecule has 1 fully saturated rings. The van der Waals surface area contributed by atoms with Gasteiger partial charge in [-0.15, -0.1) is 0 Å². The van der Waals surface area contributed by atoms with Gasteiger partial charge in [-0.25, -0.2) is 0 Å². The molecule has 4 heteroatoms. The molecular weight excluding hydrogens is 250 g/mol. The third-order valence-electron chi connectivity index (χ3n) is 3.78. The Labute approximate surface area is 121 Å². The van der Waals surface area contributed by atoms with Gasteiger partial charge in [0.25, 0.3) is 0 Å². The molecule has 1 saturated heterocycles. The first kappa shape index (κ1) is 14.9. The molecule has 0 radical (unpaired) electrons. The van der Waals surface area contributed by atoms with Crippen LogP contribution in [0.2, 0.25) is 0 Å². The van der Waals surface area contributed by atoms with E-state index in [2.05, 4.69) is 17.1 Å². The van der Waals surface area contributed by atoms with Crippen molar-refractivity contribution in [2.75, 3.05) is 43.9 Å². The Morgan fingerprint density at radius 2 is 2.05 bits per heavy atom. The fourth-order valence-electron chi connectivity index (χ4n) is 2.68. The van der Waals surface area contributed by atoms with Crippen molar-refractivity contribution < 1.29 is 4.79 Å². The third-order valence-corrected chi connectivity index (χ3v) is 3.78. The van der Waals surface area contributed by atoms with Crippen LogP contribution < -0.4 is 10.2 Å². The first-order chi connectivity index (χ1) is 9.54. The fourth-order valence-corrected chi connectivity index (χ4v) is 2.68. The van der Waals surface area contributed by atoms with Crippen molar-refractivity contribution in [1.29, 1.82) is 0 Å². The zero-order valence-corrected chi connectivity index (χ0v) is 12.7. The topological polar surface area (TPSA) is 35.6 Å². The first-order valence-electron chi connectivity index (χ1n) is 7.34. The van der Waals surface area contributed by atoms with E-state index in [1.165, 1.54) is 12.8 Å². The van der Waals surface area contributed by atoms with Crippen LogP contribution in [0.4, 0.5) is 11.4 Å². The van der Waals surface area contributed by atoms with Gasteiger partial charge in [-0.3, -0.25) is 9.69 Å². The Morgan fingerprint density at radius 3 is 2.65 bits per heavy atom. The number of hydrogen-bond donors (Lipinski definition) is 1. The van der Waals surface area contributed by atoms with Crippen molar-refractivity contribution >= 4 is 17.3 Å². The predicted octanol–water partition coefficient (Wildman–Crippen LogP) is 2.42. The summed E-state index contributed by atoms with van der Waals surface area (Å²) in [6.45, 7) is 4.83. The molecule has 2 rings (SSSR count). The minimum atomic E-state index is 0.0803. The van der Waals surface area contributed by atoms with Crippen LogP contribution in [-0.4, -0.2) is 44.5 Å². The standard InChI is InChI=1S/C16H25N3O/c1-13-5-4-10-19(11-13)12-16(20)17-14-6-8-15(9-7-14)18(2)3/h6-9,13H,4-5,10-12H2,1-3H3,(H,17,20). The quantitative estimate of drug-likeness (QED) is 0.916. The second-order valence-corrected chi connectivity index (χ2v) is 5.97. The molecule has 1 atom stereocenters. The highest BCUT2D eigenvalue weighted by molar-refractivity contribution is 5.92. The summed E-state index contributed by atoms with van der Waals surface area (Å²) in [6, 6.07) is 7.93. The van der Waals surface area contributed by atoms with Crippen LogP contribution >= 0.6 is 0 Å². The first-order valence-corrected chi connectivity index (χ1v) is 7.34. The van der Waals surface area contributed by atoms with Gasteiger partial charge < -0.3 is 10.2 Å². The van der Waals surface area contributed by atoms with Crippen LogP contribution in [0, 0.1) is 5.92 Å². The summed E-state index contributed by atoms with van der Waals surface area (Å²) in [5.41, 5.74) is 2.00. The Hall–Kier alpha value is -1.55. The Kier molecular flexibility index (Phi) is 5.01. The van der Waals surface area contributed by atoms with Crippen molar-refractivity contribution in [3.63, 3.8) is 0 Å². The maximum atomic E-state index is 12.0. The second-order valence-electron chi connectivity index (χ2n) is 5.97. The van der Waals surface area contributed by atoms with E-state index in [1.807, 2.05) is 43.3 Å². The highest BCUT2D eigenvalue weighted by Crippen LogP contribution is 2.17. The van der Waals surface area contributed by atoms with Gasteiger partial charge in [0.05, 0.1) is 6.54 Å². The number of nitrogens with one attached hydrogen (secondary N) is 1. The van der Waals surface area contributed by atoms with E-state index < -0.39 is 0 Å². The number of rotatable bonds is 4. The molecule has 1 amide bonds. The smallest absolute Gasteiger partial charge is 0.238 e. The maximum absolute atomic E-state index is 12.0. The summed E-state index contributed by atoms with van der Waals surface area (Å²) < 4.78 is 0. The molecule has 1 aliphatic heterocycles. The summed E-state index contributed by atoms with van der Waals surface area (Å²) in [5, 5.41) is 2.97. The number of carbonyl (C=O) groups excluding carboxylic acids is 1. The zero-order chi connectivity index (χ0) is 14.5. The molecule has 0 aliphatic carbocycles. The van der Waals surface area contributed by atoms with Crippen molar-refractivity contribution in [3.8, 4) is 0 Å². The van der Waals surface area contributed by atoms with Crippen molar-refractivity contribution in [3.05, 3.63) is 24.3 Å². The summed E-state index contributed by atoms with van der Waals surface area (Å²) in [5.74, 6) is 0.785. The SMILES string of the molecule is CC1CCCN(CC(=O)Nc2ccc(N(C)C)cc2)C1. The summed E-state index contributed by atoms with van der Waals surface area (Å²) in [6.07, 6.45) is 2.48. The zero-order valence-electron chi connectivity index (χ0n) is 12.7. The van der Waals surface area contributed by atoms with Gasteiger partial charge in [0, 0.05) is 32.0 Å². The monoisotopic (exact) mass is 275 g/mol. The van der Waals surface area contributed by atoms with Gasteiger partial charge in [0.2, 0.25) is 5.91 Å². The van der Waals surface area contributed by atoms with E-state index in [1.54, 1.807) is 0 Å². The number of amides is 1. The molecule has 20 heavy (non-hydrogen) atoms. The Balaban J connectivity index is 1.84. The number of piperidine rings is 1. The summed E-state index contributed by atoms with van der Waals surface area (Å²) in [7, 11) is 4.01. The van der Waals surface area contributed by atoms with Gasteiger partial charge in [-0.1, -0.05) is 6.92 Å². The molecule has 1 aromatic carbocycles. The van der Waals surface area contributed by atoms with E-state index >= 15 is 0 Å². The highest BCUT2D eigenvalue weighted by Gasteiger charge is 2.18. The fraction of sp³-hybridized carbons (Fsp3) is 0.562. The molecule has 1 heterocycles. The molecule has 0 aromatic heterocycles. The molecule has 1 aliphatic rings. The molecule has 0 spiro atoms. The molecule has 1 unspecified atom stereocenters. The lowest BCUT2D eigenvalue weighted by Crippen LogP contribution is -2.39. The van der Waals surface area contributed by atoms with E-state index in [-0.39, 0.29) is 5.91 Å². The molecule has 1 N–H and O–H groups in total. The second kappa shape index (κ2) is 6.75. The molecule has 0 bridgehead atoms. The molecule has 110 valence electrons. The van der Waals surface area contributed by atoms with Crippen LogP contribution in [-0.2, 0) is 4.79 Å². The van der Waals surface area contributed by atoms with Crippen molar-refractivity contribution in [2.45, 2.75) is 19.8 Å². The summed E-state index contributed by atoms with van der Waals surface area (Å²) in [4.78, 5) is 16.3. The number of likely N-dealkylation sites (tertiary alicyclic amines) is 1. The lowest BCUT2D eigenvalue weighted by Gasteiger charge is -2.30. The van der Waals surface area contributed by atoms with E-state index in [4.69, 9.17) is 0 Å². The number of hydrogen-bond acceptors (Lipinski definition) is 3. The Bertz CT molecular complexity index is 442. The normalized spacial score (nSPS) is 19.6. The average Bonchev–Trinajstić information content (AvgIpc) is 2.39. The number of anilines is 2. The number of benzene rings is 1. The molecular formula is C16H25N3O. The van der Waals surface area contributed by atoms with E-state index in [9.17, 15) is 4.79 Å². The average molecular weight is 275 g/mol. The largest absolute Gasteiger partial charge is 0.378 e. The van der Waals surface area contributed by atoms with Crippen LogP contribution in [0.15, 0.2) is 24.3 Å². The van der Waals surface area contributed by atoms with Crippen LogP contribution in [0.1, 0.15) is 19.8 Å². The maximum Gasteiger partial charge on any atom is 0.238 e. The van der Waals surface area contributed by atoms with E-state index in [0.29, 0.717) is 12.5 Å². The minimum Gasteiger partial charge on any atom is -0.378 e. The highest BCUT2D eigenvalue weighted by atomic mass is 16.2.